The van der Waals surface area contributed by atoms with Gasteiger partial charge in [0.1, 0.15) is 5.82 Å². The van der Waals surface area contributed by atoms with Gasteiger partial charge < -0.3 is 16.4 Å². The molecule has 1 heterocycles. The first-order valence-electron chi connectivity index (χ1n) is 6.91. The van der Waals surface area contributed by atoms with Crippen molar-refractivity contribution in [1.82, 2.24) is 10.3 Å². The Hall–Kier alpha value is -2.48. The molecule has 122 valence electrons. The summed E-state index contributed by atoms with van der Waals surface area (Å²) in [5.74, 6) is -0.902. The number of halogens is 1. The van der Waals surface area contributed by atoms with Gasteiger partial charge in [-0.1, -0.05) is 18.2 Å². The number of hydrogen-bond donors (Lipinski definition) is 3. The van der Waals surface area contributed by atoms with Gasteiger partial charge in [0, 0.05) is 10.4 Å². The van der Waals surface area contributed by atoms with Crippen LogP contribution < -0.4 is 16.4 Å². The Labute approximate surface area is 136 Å². The fourth-order valence-corrected chi connectivity index (χ4v) is 2.88. The molecule has 8 heteroatoms. The topological polar surface area (TPSA) is 97.1 Å². The number of carbonyl (C=O) groups is 2. The highest BCUT2D eigenvalue weighted by Crippen LogP contribution is 2.24. The van der Waals surface area contributed by atoms with Gasteiger partial charge in [-0.05, 0) is 19.9 Å². The Balaban J connectivity index is 2.12. The minimum Gasteiger partial charge on any atom is -0.352 e. The number of amides is 3. The van der Waals surface area contributed by atoms with E-state index >= 15 is 0 Å². The molecule has 0 aliphatic heterocycles. The van der Waals surface area contributed by atoms with Crippen molar-refractivity contribution in [2.45, 2.75) is 26.3 Å². The fraction of sp³-hybridized carbons (Fsp3) is 0.267. The number of rotatable bonds is 5. The number of anilines is 1. The summed E-state index contributed by atoms with van der Waals surface area (Å²) in [4.78, 5) is 28.5. The molecule has 1 atom stereocenters. The summed E-state index contributed by atoms with van der Waals surface area (Å²) in [6.07, 6.45) is -0.151. The van der Waals surface area contributed by atoms with Crippen LogP contribution in [0.5, 0.6) is 0 Å². The third kappa shape index (κ3) is 4.49. The number of nitrogens with one attached hydrogen (secondary N) is 2. The maximum Gasteiger partial charge on any atom is 0.312 e. The summed E-state index contributed by atoms with van der Waals surface area (Å²) in [5.41, 5.74) is 6.16. The molecule has 0 unspecified atom stereocenters. The van der Waals surface area contributed by atoms with E-state index < -0.39 is 17.9 Å². The lowest BCUT2D eigenvalue weighted by molar-refractivity contribution is -0.116. The van der Waals surface area contributed by atoms with Crippen molar-refractivity contribution in [2.24, 2.45) is 5.73 Å². The van der Waals surface area contributed by atoms with Gasteiger partial charge in [0.25, 0.3) is 0 Å². The van der Waals surface area contributed by atoms with Crippen molar-refractivity contribution >= 4 is 28.4 Å². The number of aryl methyl sites for hydroxylation is 2. The van der Waals surface area contributed by atoms with Gasteiger partial charge >= 0.3 is 6.03 Å². The molecule has 0 radical (unpaired) electrons. The SMILES string of the molecule is Cc1nc(NC(=O)C[C@@H](NC(N)=O)c2ccccc2F)sc1C. The molecule has 0 aliphatic carbocycles. The predicted octanol–water partition coefficient (Wildman–Crippen LogP) is 2.64. The van der Waals surface area contributed by atoms with E-state index in [1.807, 2.05) is 13.8 Å². The van der Waals surface area contributed by atoms with E-state index in [0.29, 0.717) is 5.13 Å². The second kappa shape index (κ2) is 7.19. The molecule has 0 saturated heterocycles. The number of nitrogens with two attached hydrogens (primary N) is 1. The molecule has 0 aliphatic rings. The molecule has 0 saturated carbocycles. The third-order valence-electron chi connectivity index (χ3n) is 3.26. The van der Waals surface area contributed by atoms with Crippen molar-refractivity contribution in [3.63, 3.8) is 0 Å². The number of aromatic nitrogens is 1. The van der Waals surface area contributed by atoms with E-state index in [2.05, 4.69) is 15.6 Å². The van der Waals surface area contributed by atoms with Crippen LogP contribution in [0.2, 0.25) is 0 Å². The lowest BCUT2D eigenvalue weighted by Crippen LogP contribution is -2.35. The van der Waals surface area contributed by atoms with Gasteiger partial charge in [-0.15, -0.1) is 11.3 Å². The van der Waals surface area contributed by atoms with Gasteiger partial charge in [-0.2, -0.15) is 0 Å². The van der Waals surface area contributed by atoms with Gasteiger partial charge in [0.2, 0.25) is 5.91 Å². The van der Waals surface area contributed by atoms with Crippen molar-refractivity contribution < 1.29 is 14.0 Å². The Morgan fingerprint density at radius 1 is 1.35 bits per heavy atom. The average Bonchev–Trinajstić information content (AvgIpc) is 2.76. The summed E-state index contributed by atoms with van der Waals surface area (Å²) in [5, 5.41) is 5.51. The van der Waals surface area contributed by atoms with Crippen molar-refractivity contribution in [3.05, 3.63) is 46.2 Å². The van der Waals surface area contributed by atoms with Crippen molar-refractivity contribution in [1.29, 1.82) is 0 Å². The number of primary amides is 1. The largest absolute Gasteiger partial charge is 0.352 e. The minimum absolute atomic E-state index is 0.151. The lowest BCUT2D eigenvalue weighted by Gasteiger charge is -2.17. The average molecular weight is 336 g/mol. The van der Waals surface area contributed by atoms with Crippen LogP contribution in [0.3, 0.4) is 0 Å². The third-order valence-corrected chi connectivity index (χ3v) is 4.25. The zero-order chi connectivity index (χ0) is 17.0. The van der Waals surface area contributed by atoms with Gasteiger partial charge in [0.15, 0.2) is 5.13 Å². The molecule has 6 nitrogen and oxygen atoms in total. The minimum atomic E-state index is -0.851. The predicted molar refractivity (Wildman–Crippen MR) is 86.7 cm³/mol. The first-order chi connectivity index (χ1) is 10.9. The van der Waals surface area contributed by atoms with Crippen LogP contribution in [0.4, 0.5) is 14.3 Å². The first-order valence-corrected chi connectivity index (χ1v) is 7.72. The number of thiazole rings is 1. The molecular weight excluding hydrogens is 319 g/mol. The first kappa shape index (κ1) is 16.9. The van der Waals surface area contributed by atoms with Crippen LogP contribution in [-0.4, -0.2) is 16.9 Å². The molecule has 1 aromatic heterocycles. The summed E-state index contributed by atoms with van der Waals surface area (Å²) < 4.78 is 13.9. The quantitative estimate of drug-likeness (QED) is 0.783. The van der Waals surface area contributed by atoms with Crippen LogP contribution in [0.1, 0.15) is 28.6 Å². The van der Waals surface area contributed by atoms with E-state index in [0.717, 1.165) is 10.6 Å². The van der Waals surface area contributed by atoms with Crippen LogP contribution in [0.15, 0.2) is 24.3 Å². The molecule has 0 bridgehead atoms. The zero-order valence-corrected chi connectivity index (χ0v) is 13.5. The van der Waals surface area contributed by atoms with Gasteiger partial charge in [0.05, 0.1) is 18.2 Å². The maximum atomic E-state index is 13.9. The highest BCUT2D eigenvalue weighted by atomic mass is 32.1. The number of benzene rings is 1. The maximum absolute atomic E-state index is 13.9. The summed E-state index contributed by atoms with van der Waals surface area (Å²) in [6.45, 7) is 3.75. The highest BCUT2D eigenvalue weighted by molar-refractivity contribution is 7.15. The van der Waals surface area contributed by atoms with Gasteiger partial charge in [-0.25, -0.2) is 14.2 Å². The highest BCUT2D eigenvalue weighted by Gasteiger charge is 2.21. The Morgan fingerprint density at radius 2 is 2.04 bits per heavy atom. The Morgan fingerprint density at radius 3 is 2.61 bits per heavy atom. The Kier molecular flexibility index (Phi) is 5.28. The van der Waals surface area contributed by atoms with E-state index in [1.165, 1.54) is 29.5 Å². The van der Waals surface area contributed by atoms with Crippen LogP contribution in [0.25, 0.3) is 0 Å². The Bertz CT molecular complexity index is 713. The summed E-state index contributed by atoms with van der Waals surface area (Å²) in [7, 11) is 0. The van der Waals surface area contributed by atoms with Gasteiger partial charge in [-0.3, -0.25) is 4.79 Å². The van der Waals surface area contributed by atoms with E-state index in [9.17, 15) is 14.0 Å². The van der Waals surface area contributed by atoms with Crippen molar-refractivity contribution in [2.75, 3.05) is 5.32 Å². The lowest BCUT2D eigenvalue weighted by atomic mass is 10.0. The van der Waals surface area contributed by atoms with Crippen molar-refractivity contribution in [3.8, 4) is 0 Å². The number of carbonyl (C=O) groups excluding carboxylic acids is 2. The molecule has 2 rings (SSSR count). The summed E-state index contributed by atoms with van der Waals surface area (Å²) >= 11 is 1.35. The number of urea groups is 1. The van der Waals surface area contributed by atoms with Crippen LogP contribution in [0, 0.1) is 19.7 Å². The van der Waals surface area contributed by atoms with Crippen LogP contribution in [-0.2, 0) is 4.79 Å². The molecule has 23 heavy (non-hydrogen) atoms. The molecule has 3 amide bonds. The van der Waals surface area contributed by atoms with E-state index in [1.54, 1.807) is 6.07 Å². The second-order valence-electron chi connectivity index (χ2n) is 5.00. The number of hydrogen-bond acceptors (Lipinski definition) is 4. The molecule has 4 N–H and O–H groups in total. The number of nitrogens with zero attached hydrogens (tertiary/aromatic N) is 1. The molecule has 0 spiro atoms. The normalized spacial score (nSPS) is 11.8. The zero-order valence-electron chi connectivity index (χ0n) is 12.7. The van der Waals surface area contributed by atoms with Crippen LogP contribution >= 0.6 is 11.3 Å². The summed E-state index contributed by atoms with van der Waals surface area (Å²) in [6, 6.07) is 4.24. The molecular formula is C15H17FN4O2S. The monoisotopic (exact) mass is 336 g/mol. The smallest absolute Gasteiger partial charge is 0.312 e. The molecule has 0 fully saturated rings. The van der Waals surface area contributed by atoms with E-state index in [4.69, 9.17) is 5.73 Å². The molecule has 1 aromatic carbocycles. The fourth-order valence-electron chi connectivity index (χ4n) is 2.05. The van der Waals surface area contributed by atoms with E-state index in [-0.39, 0.29) is 17.9 Å². The standard InChI is InChI=1S/C15H17FN4O2S/c1-8-9(2)23-15(18-8)20-13(21)7-12(19-14(17)22)10-5-3-4-6-11(10)16/h3-6,12H,7H2,1-2H3,(H3,17,19,22)(H,18,20,21)/t12-/m1/s1. The second-order valence-corrected chi connectivity index (χ2v) is 6.20. The molecule has 2 aromatic rings.